The Bertz CT molecular complexity index is 197. The molecule has 4 heteroatoms. The van der Waals surface area contributed by atoms with Crippen LogP contribution in [0.3, 0.4) is 0 Å². The van der Waals surface area contributed by atoms with Crippen molar-refractivity contribution in [1.82, 2.24) is 0 Å². The first-order valence-corrected chi connectivity index (χ1v) is 4.63. The Morgan fingerprint density at radius 2 is 1.71 bits per heavy atom. The molecule has 0 bridgehead atoms. The second kappa shape index (κ2) is 4.28. The third-order valence-electron chi connectivity index (χ3n) is 1.80. The van der Waals surface area contributed by atoms with Crippen molar-refractivity contribution in [2.75, 3.05) is 6.61 Å². The van der Waals surface area contributed by atoms with Gasteiger partial charge in [0.1, 0.15) is 12.7 Å². The number of carbonyl (C=O) groups excluding carboxylic acids is 1. The van der Waals surface area contributed by atoms with Gasteiger partial charge < -0.3 is 14.9 Å². The van der Waals surface area contributed by atoms with Gasteiger partial charge in [-0.2, -0.15) is 0 Å². The summed E-state index contributed by atoms with van der Waals surface area (Å²) in [6.45, 7) is 7.92. The Hall–Kier alpha value is -0.610. The molecule has 14 heavy (non-hydrogen) atoms. The summed E-state index contributed by atoms with van der Waals surface area (Å²) < 4.78 is 4.85. The van der Waals surface area contributed by atoms with Crippen LogP contribution in [0, 0.1) is 5.41 Å². The van der Waals surface area contributed by atoms with Gasteiger partial charge in [0.2, 0.25) is 0 Å². The van der Waals surface area contributed by atoms with E-state index in [1.54, 1.807) is 20.8 Å². The molecule has 0 aromatic rings. The van der Waals surface area contributed by atoms with Crippen molar-refractivity contribution in [2.45, 2.75) is 46.3 Å². The highest BCUT2D eigenvalue weighted by atomic mass is 16.5. The van der Waals surface area contributed by atoms with E-state index in [9.17, 15) is 15.0 Å². The average Bonchev–Trinajstić information content (AvgIpc) is 1.95. The molecule has 0 unspecified atom stereocenters. The molecule has 0 amide bonds. The van der Waals surface area contributed by atoms with E-state index in [0.29, 0.717) is 0 Å². The van der Waals surface area contributed by atoms with Gasteiger partial charge in [-0.25, -0.2) is 0 Å². The molecule has 0 rings (SSSR count). The van der Waals surface area contributed by atoms with E-state index in [0.717, 1.165) is 0 Å². The zero-order chi connectivity index (χ0) is 11.6. The number of hydrogen-bond donors (Lipinski definition) is 2. The van der Waals surface area contributed by atoms with Crippen LogP contribution in [-0.2, 0) is 9.53 Å². The van der Waals surface area contributed by atoms with E-state index in [1.807, 2.05) is 0 Å². The molecular formula is C10H20O4. The highest BCUT2D eigenvalue weighted by Gasteiger charge is 2.28. The summed E-state index contributed by atoms with van der Waals surface area (Å²) in [5, 5.41) is 18.7. The average molecular weight is 204 g/mol. The minimum Gasteiger partial charge on any atom is -0.462 e. The molecule has 2 N–H and O–H groups in total. The maximum absolute atomic E-state index is 11.3. The molecule has 84 valence electrons. The van der Waals surface area contributed by atoms with Crippen LogP contribution >= 0.6 is 0 Å². The van der Waals surface area contributed by atoms with Gasteiger partial charge in [-0.1, -0.05) is 0 Å². The molecule has 0 heterocycles. The van der Waals surface area contributed by atoms with Crippen molar-refractivity contribution in [2.24, 2.45) is 5.41 Å². The number of carbonyl (C=O) groups is 1. The summed E-state index contributed by atoms with van der Waals surface area (Å²) in [6, 6.07) is 0. The predicted molar refractivity (Wildman–Crippen MR) is 52.7 cm³/mol. The zero-order valence-corrected chi connectivity index (χ0v) is 9.50. The van der Waals surface area contributed by atoms with Crippen molar-refractivity contribution < 1.29 is 19.7 Å². The summed E-state index contributed by atoms with van der Waals surface area (Å²) in [6.07, 6.45) is -1.06. The van der Waals surface area contributed by atoms with Gasteiger partial charge in [-0.3, -0.25) is 4.79 Å². The second-order valence-electron chi connectivity index (χ2n) is 5.02. The van der Waals surface area contributed by atoms with E-state index >= 15 is 0 Å². The lowest BCUT2D eigenvalue weighted by molar-refractivity contribution is -0.161. The van der Waals surface area contributed by atoms with Crippen LogP contribution < -0.4 is 0 Å². The fraction of sp³-hybridized carbons (Fsp3) is 0.900. The fourth-order valence-corrected chi connectivity index (χ4v) is 0.575. The largest absolute Gasteiger partial charge is 0.462 e. The summed E-state index contributed by atoms with van der Waals surface area (Å²) in [5.41, 5.74) is -1.84. The predicted octanol–water partition coefficient (Wildman–Crippen LogP) is 0.708. The summed E-state index contributed by atoms with van der Waals surface area (Å²) >= 11 is 0. The molecule has 0 saturated carbocycles. The van der Waals surface area contributed by atoms with Gasteiger partial charge in [0.25, 0.3) is 0 Å². The van der Waals surface area contributed by atoms with E-state index in [2.05, 4.69) is 0 Å². The third-order valence-corrected chi connectivity index (χ3v) is 1.80. The number of rotatable bonds is 3. The van der Waals surface area contributed by atoms with Gasteiger partial charge in [0, 0.05) is 0 Å². The Labute approximate surface area is 84.9 Å². The lowest BCUT2D eigenvalue weighted by Gasteiger charge is -2.25. The summed E-state index contributed by atoms with van der Waals surface area (Å²) in [7, 11) is 0. The molecule has 0 spiro atoms. The van der Waals surface area contributed by atoms with Crippen molar-refractivity contribution in [3.63, 3.8) is 0 Å². The maximum atomic E-state index is 11.3. The van der Waals surface area contributed by atoms with Gasteiger partial charge in [0.05, 0.1) is 11.0 Å². The molecule has 0 fully saturated rings. The first-order chi connectivity index (χ1) is 6.05. The standard InChI is InChI=1S/C10H20O4/c1-9(2,3)8(12)14-6-7(11)10(4,5)13/h7,11,13H,6H2,1-5H3/t7-/m1/s1. The van der Waals surface area contributed by atoms with Crippen molar-refractivity contribution in [3.05, 3.63) is 0 Å². The van der Waals surface area contributed by atoms with Crippen LogP contribution in [-0.4, -0.2) is 34.5 Å². The van der Waals surface area contributed by atoms with E-state index in [-0.39, 0.29) is 12.6 Å². The van der Waals surface area contributed by atoms with E-state index in [4.69, 9.17) is 4.74 Å². The van der Waals surface area contributed by atoms with E-state index < -0.39 is 17.1 Å². The minimum absolute atomic E-state index is 0.181. The Morgan fingerprint density at radius 3 is 2.00 bits per heavy atom. The molecule has 0 radical (unpaired) electrons. The summed E-state index contributed by atoms with van der Waals surface area (Å²) in [5.74, 6) is -0.388. The smallest absolute Gasteiger partial charge is 0.311 e. The van der Waals surface area contributed by atoms with Crippen molar-refractivity contribution >= 4 is 5.97 Å². The highest BCUT2D eigenvalue weighted by molar-refractivity contribution is 5.75. The maximum Gasteiger partial charge on any atom is 0.311 e. The Kier molecular flexibility index (Phi) is 4.09. The van der Waals surface area contributed by atoms with Crippen LogP contribution in [0.2, 0.25) is 0 Å². The molecule has 0 saturated heterocycles. The molecule has 0 aliphatic heterocycles. The van der Waals surface area contributed by atoms with Crippen LogP contribution in [0.25, 0.3) is 0 Å². The zero-order valence-electron chi connectivity index (χ0n) is 9.50. The normalized spacial score (nSPS) is 15.1. The first kappa shape index (κ1) is 13.4. The van der Waals surface area contributed by atoms with Gasteiger partial charge in [-0.05, 0) is 34.6 Å². The van der Waals surface area contributed by atoms with Gasteiger partial charge >= 0.3 is 5.97 Å². The number of ether oxygens (including phenoxy) is 1. The van der Waals surface area contributed by atoms with Crippen LogP contribution in [0.1, 0.15) is 34.6 Å². The lowest BCUT2D eigenvalue weighted by atomic mass is 9.97. The van der Waals surface area contributed by atoms with Crippen LogP contribution in [0.5, 0.6) is 0 Å². The summed E-state index contributed by atoms with van der Waals surface area (Å²) in [4.78, 5) is 11.3. The SMILES string of the molecule is CC(C)(C)C(=O)OC[C@@H](O)C(C)(C)O. The van der Waals surface area contributed by atoms with E-state index in [1.165, 1.54) is 13.8 Å². The molecule has 0 aromatic carbocycles. The van der Waals surface area contributed by atoms with Gasteiger partial charge in [-0.15, -0.1) is 0 Å². The topological polar surface area (TPSA) is 66.8 Å². The van der Waals surface area contributed by atoms with Crippen molar-refractivity contribution in [1.29, 1.82) is 0 Å². The molecule has 1 atom stereocenters. The number of esters is 1. The second-order valence-corrected chi connectivity index (χ2v) is 5.02. The van der Waals surface area contributed by atoms with Crippen LogP contribution in [0.4, 0.5) is 0 Å². The molecule has 0 aromatic heterocycles. The number of aliphatic hydroxyl groups is 2. The lowest BCUT2D eigenvalue weighted by Crippen LogP contribution is -2.40. The molecular weight excluding hydrogens is 184 g/mol. The number of aliphatic hydroxyl groups excluding tert-OH is 1. The fourth-order valence-electron chi connectivity index (χ4n) is 0.575. The quantitative estimate of drug-likeness (QED) is 0.664. The monoisotopic (exact) mass is 204 g/mol. The minimum atomic E-state index is -1.25. The van der Waals surface area contributed by atoms with Crippen molar-refractivity contribution in [3.8, 4) is 0 Å². The molecule has 0 aliphatic rings. The molecule has 0 aliphatic carbocycles. The van der Waals surface area contributed by atoms with Crippen LogP contribution in [0.15, 0.2) is 0 Å². The third kappa shape index (κ3) is 4.58. The number of hydrogen-bond acceptors (Lipinski definition) is 4. The highest BCUT2D eigenvalue weighted by Crippen LogP contribution is 2.16. The molecule has 4 nitrogen and oxygen atoms in total. The van der Waals surface area contributed by atoms with Gasteiger partial charge in [0.15, 0.2) is 0 Å². The first-order valence-electron chi connectivity index (χ1n) is 4.63. The Balaban J connectivity index is 4.03. The Morgan fingerprint density at radius 1 is 1.29 bits per heavy atom.